The first-order chi connectivity index (χ1) is 13.8. The molecule has 7 nitrogen and oxygen atoms in total. The molecule has 2 aromatic rings. The molecule has 0 radical (unpaired) electrons. The molecular weight excluding hydrogens is 394 g/mol. The van der Waals surface area contributed by atoms with Crippen molar-refractivity contribution in [3.63, 3.8) is 0 Å². The van der Waals surface area contributed by atoms with Gasteiger partial charge in [0.1, 0.15) is 17.4 Å². The van der Waals surface area contributed by atoms with Gasteiger partial charge in [-0.15, -0.1) is 0 Å². The van der Waals surface area contributed by atoms with Crippen LogP contribution in [0.3, 0.4) is 0 Å². The molecule has 0 unspecified atom stereocenters. The largest absolute Gasteiger partial charge is 0.480 e. The van der Waals surface area contributed by atoms with E-state index in [0.717, 1.165) is 23.8 Å². The minimum atomic E-state index is -1.08. The monoisotopic (exact) mass is 421 g/mol. The number of hydrogen-bond donors (Lipinski definition) is 2. The Balaban J connectivity index is 2.22. The molecule has 0 aliphatic carbocycles. The molecule has 1 aromatic carbocycles. The van der Waals surface area contributed by atoms with Gasteiger partial charge in [-0.05, 0) is 56.4 Å². The molecule has 0 saturated carbocycles. The summed E-state index contributed by atoms with van der Waals surface area (Å²) in [5.41, 5.74) is 1.55. The van der Waals surface area contributed by atoms with Crippen molar-refractivity contribution in [2.75, 3.05) is 12.0 Å². The molecule has 8 heteroatoms. The highest BCUT2D eigenvalue weighted by molar-refractivity contribution is 7.98. The van der Waals surface area contributed by atoms with Crippen LogP contribution in [0.15, 0.2) is 27.4 Å². The van der Waals surface area contributed by atoms with E-state index in [0.29, 0.717) is 29.1 Å². The highest BCUT2D eigenvalue weighted by atomic mass is 32.2. The van der Waals surface area contributed by atoms with Crippen LogP contribution in [-0.4, -0.2) is 41.1 Å². The number of benzene rings is 1. The Bertz CT molecular complexity index is 939. The SMILES string of the molecule is CCCc1cc(=O)oc2c(C)c(O[C@H](C)C(=O)N[C@@H](CCSC)C(=O)O)ccc12. The number of aliphatic carboxylic acids is 1. The van der Waals surface area contributed by atoms with Gasteiger partial charge in [-0.1, -0.05) is 13.3 Å². The van der Waals surface area contributed by atoms with Gasteiger partial charge < -0.3 is 19.6 Å². The molecule has 2 rings (SSSR count). The number of hydrogen-bond acceptors (Lipinski definition) is 6. The Morgan fingerprint density at radius 2 is 2.07 bits per heavy atom. The molecule has 1 amide bonds. The fraction of sp³-hybridized carbons (Fsp3) is 0.476. The standard InChI is InChI=1S/C21H27NO6S/c1-5-6-14-11-18(23)28-19-12(2)17(8-7-15(14)19)27-13(3)20(24)22-16(21(25)26)9-10-29-4/h7-8,11,13,16H,5-6,9-10H2,1-4H3,(H,22,24)(H,25,26)/t13-,16+/m1/s1. The summed E-state index contributed by atoms with van der Waals surface area (Å²) in [6.07, 6.45) is 2.95. The van der Waals surface area contributed by atoms with Crippen LogP contribution in [0.1, 0.15) is 37.8 Å². The van der Waals surface area contributed by atoms with Crippen molar-refractivity contribution in [1.29, 1.82) is 0 Å². The molecule has 0 fully saturated rings. The quantitative estimate of drug-likeness (QED) is 0.568. The van der Waals surface area contributed by atoms with Crippen molar-refractivity contribution in [3.05, 3.63) is 39.7 Å². The highest BCUT2D eigenvalue weighted by Crippen LogP contribution is 2.29. The number of amides is 1. The zero-order chi connectivity index (χ0) is 21.6. The highest BCUT2D eigenvalue weighted by Gasteiger charge is 2.24. The third-order valence-corrected chi connectivity index (χ3v) is 5.26. The maximum absolute atomic E-state index is 12.4. The van der Waals surface area contributed by atoms with Gasteiger partial charge >= 0.3 is 11.6 Å². The van der Waals surface area contributed by atoms with Crippen LogP contribution >= 0.6 is 11.8 Å². The molecular formula is C21H27NO6S. The Morgan fingerprint density at radius 3 is 2.69 bits per heavy atom. The molecule has 2 N–H and O–H groups in total. The third-order valence-electron chi connectivity index (χ3n) is 4.61. The molecule has 0 aliphatic heterocycles. The maximum Gasteiger partial charge on any atom is 0.336 e. The number of carboxylic acids is 1. The second kappa shape index (κ2) is 10.3. The number of thioether (sulfide) groups is 1. The van der Waals surface area contributed by atoms with Gasteiger partial charge in [-0.25, -0.2) is 9.59 Å². The minimum absolute atomic E-state index is 0.329. The van der Waals surface area contributed by atoms with E-state index in [2.05, 4.69) is 5.32 Å². The van der Waals surface area contributed by atoms with E-state index < -0.39 is 29.6 Å². The van der Waals surface area contributed by atoms with Crippen LogP contribution in [0.5, 0.6) is 5.75 Å². The zero-order valence-electron chi connectivity index (χ0n) is 17.1. The van der Waals surface area contributed by atoms with Crippen molar-refractivity contribution < 1.29 is 23.8 Å². The fourth-order valence-corrected chi connectivity index (χ4v) is 3.51. The van der Waals surface area contributed by atoms with E-state index in [-0.39, 0.29) is 0 Å². The summed E-state index contributed by atoms with van der Waals surface area (Å²) in [5, 5.41) is 12.6. The summed E-state index contributed by atoms with van der Waals surface area (Å²) in [6, 6.07) is 4.09. The lowest BCUT2D eigenvalue weighted by atomic mass is 10.0. The Hall–Kier alpha value is -2.48. The van der Waals surface area contributed by atoms with E-state index in [4.69, 9.17) is 9.15 Å². The molecule has 0 saturated heterocycles. The minimum Gasteiger partial charge on any atom is -0.480 e. The second-order valence-corrected chi connectivity index (χ2v) is 7.83. The number of aryl methyl sites for hydroxylation is 2. The number of nitrogens with one attached hydrogen (secondary N) is 1. The summed E-state index contributed by atoms with van der Waals surface area (Å²) in [5.74, 6) is -0.561. The summed E-state index contributed by atoms with van der Waals surface area (Å²) in [4.78, 5) is 35.7. The molecule has 158 valence electrons. The Morgan fingerprint density at radius 1 is 1.34 bits per heavy atom. The fourth-order valence-electron chi connectivity index (χ4n) is 3.04. The van der Waals surface area contributed by atoms with Crippen LogP contribution in [0.4, 0.5) is 0 Å². The molecule has 0 spiro atoms. The Labute approximate surface area is 173 Å². The number of carbonyl (C=O) groups excluding carboxylic acids is 1. The van der Waals surface area contributed by atoms with Gasteiger partial charge in [0.25, 0.3) is 5.91 Å². The average Bonchev–Trinajstić information content (AvgIpc) is 2.67. The first kappa shape index (κ1) is 22.8. The lowest BCUT2D eigenvalue weighted by Crippen LogP contribution is -2.46. The lowest BCUT2D eigenvalue weighted by Gasteiger charge is -2.20. The van der Waals surface area contributed by atoms with Crippen LogP contribution in [0, 0.1) is 6.92 Å². The molecule has 0 bridgehead atoms. The van der Waals surface area contributed by atoms with Gasteiger partial charge in [0, 0.05) is 17.0 Å². The predicted molar refractivity (Wildman–Crippen MR) is 114 cm³/mol. The number of rotatable bonds is 10. The van der Waals surface area contributed by atoms with Crippen molar-refractivity contribution >= 4 is 34.6 Å². The number of carbonyl (C=O) groups is 2. The van der Waals surface area contributed by atoms with Gasteiger partial charge in [0.05, 0.1) is 0 Å². The first-order valence-corrected chi connectivity index (χ1v) is 10.9. The average molecular weight is 422 g/mol. The van der Waals surface area contributed by atoms with Gasteiger partial charge in [0.2, 0.25) is 0 Å². The van der Waals surface area contributed by atoms with Crippen molar-refractivity contribution in [2.24, 2.45) is 0 Å². The Kier molecular flexibility index (Phi) is 8.13. The maximum atomic E-state index is 12.4. The molecule has 1 aromatic heterocycles. The van der Waals surface area contributed by atoms with Crippen molar-refractivity contribution in [1.82, 2.24) is 5.32 Å². The zero-order valence-corrected chi connectivity index (χ0v) is 17.9. The number of fused-ring (bicyclic) bond motifs is 1. The van der Waals surface area contributed by atoms with E-state index in [1.54, 1.807) is 19.9 Å². The smallest absolute Gasteiger partial charge is 0.336 e. The van der Waals surface area contributed by atoms with Gasteiger partial charge in [-0.2, -0.15) is 11.8 Å². The van der Waals surface area contributed by atoms with Crippen LogP contribution in [-0.2, 0) is 16.0 Å². The number of carboxylic acid groups (broad SMARTS) is 1. The van der Waals surface area contributed by atoms with E-state index in [1.165, 1.54) is 17.8 Å². The van der Waals surface area contributed by atoms with E-state index >= 15 is 0 Å². The second-order valence-electron chi connectivity index (χ2n) is 6.85. The molecule has 0 aliphatic rings. The van der Waals surface area contributed by atoms with Gasteiger partial charge in [0.15, 0.2) is 6.10 Å². The normalized spacial score (nSPS) is 13.1. The van der Waals surface area contributed by atoms with Crippen molar-refractivity contribution in [3.8, 4) is 5.75 Å². The molecule has 2 atom stereocenters. The van der Waals surface area contributed by atoms with Crippen LogP contribution in [0.25, 0.3) is 11.0 Å². The van der Waals surface area contributed by atoms with Crippen molar-refractivity contribution in [2.45, 2.75) is 52.2 Å². The summed E-state index contributed by atoms with van der Waals surface area (Å²) in [6.45, 7) is 5.35. The molecule has 29 heavy (non-hydrogen) atoms. The topological polar surface area (TPSA) is 106 Å². The van der Waals surface area contributed by atoms with Crippen LogP contribution < -0.4 is 15.7 Å². The van der Waals surface area contributed by atoms with E-state index in [9.17, 15) is 19.5 Å². The van der Waals surface area contributed by atoms with Gasteiger partial charge in [-0.3, -0.25) is 4.79 Å². The third kappa shape index (κ3) is 5.76. The summed E-state index contributed by atoms with van der Waals surface area (Å²) >= 11 is 1.51. The first-order valence-electron chi connectivity index (χ1n) is 9.53. The number of ether oxygens (including phenoxy) is 1. The van der Waals surface area contributed by atoms with Crippen LogP contribution in [0.2, 0.25) is 0 Å². The predicted octanol–water partition coefficient (Wildman–Crippen LogP) is 3.14. The summed E-state index contributed by atoms with van der Waals surface area (Å²) in [7, 11) is 0. The summed E-state index contributed by atoms with van der Waals surface area (Å²) < 4.78 is 11.2. The molecule has 1 heterocycles. The van der Waals surface area contributed by atoms with E-state index in [1.807, 2.05) is 19.2 Å². The lowest BCUT2D eigenvalue weighted by molar-refractivity contribution is -0.142.